The van der Waals surface area contributed by atoms with Crippen molar-refractivity contribution >= 4 is 28.8 Å². The summed E-state index contributed by atoms with van der Waals surface area (Å²) < 4.78 is 5.17. The molecule has 1 unspecified atom stereocenters. The summed E-state index contributed by atoms with van der Waals surface area (Å²) >= 11 is 6.29. The molecule has 3 rings (SSSR count). The normalized spacial score (nSPS) is 23.9. The molecule has 1 heterocycles. The molecular weight excluding hydrogens is 372 g/mol. The Hall–Kier alpha value is -2.09. The monoisotopic (exact) mass is 394 g/mol. The lowest BCUT2D eigenvalue weighted by Crippen LogP contribution is -2.52. The first kappa shape index (κ1) is 19.7. The molecule has 1 aromatic carbocycles. The number of aliphatic hydroxyl groups excluding tert-OH is 1. The van der Waals surface area contributed by atoms with Crippen molar-refractivity contribution in [2.45, 2.75) is 44.4 Å². The van der Waals surface area contributed by atoms with Crippen molar-refractivity contribution in [2.75, 3.05) is 14.2 Å². The third kappa shape index (κ3) is 3.42. The van der Waals surface area contributed by atoms with Gasteiger partial charge < -0.3 is 14.7 Å². The van der Waals surface area contributed by atoms with Gasteiger partial charge in [-0.25, -0.2) is 9.90 Å². The highest BCUT2D eigenvalue weighted by molar-refractivity contribution is 6.35. The van der Waals surface area contributed by atoms with Gasteiger partial charge in [0.1, 0.15) is 18.4 Å². The molecule has 1 aliphatic heterocycles. The Labute approximate surface area is 163 Å². The average molecular weight is 395 g/mol. The number of hydroxylamine groups is 2. The van der Waals surface area contributed by atoms with Crippen molar-refractivity contribution in [1.82, 2.24) is 5.06 Å². The standard InChI is InChI=1S/C19H23ClN2O5/c1-12(25-2)27-22-18(24)16(14-6-4-5-7-15(14)20)17(23)19(22)10-8-13(9-11-19)21-26-3/h4-7,12,23H,8-11H2,1-3H3. The minimum atomic E-state index is -0.981. The fourth-order valence-electron chi connectivity index (χ4n) is 3.59. The second kappa shape index (κ2) is 7.88. The van der Waals surface area contributed by atoms with E-state index in [-0.39, 0.29) is 11.3 Å². The number of methoxy groups -OCH3 is 1. The highest BCUT2D eigenvalue weighted by atomic mass is 35.5. The molecule has 27 heavy (non-hydrogen) atoms. The molecule has 0 bridgehead atoms. The number of hydrogen-bond donors (Lipinski definition) is 1. The summed E-state index contributed by atoms with van der Waals surface area (Å²) in [6.45, 7) is 1.69. The molecule has 0 radical (unpaired) electrons. The third-order valence-corrected chi connectivity index (χ3v) is 5.40. The van der Waals surface area contributed by atoms with Crippen LogP contribution < -0.4 is 0 Å². The Morgan fingerprint density at radius 1 is 1.26 bits per heavy atom. The second-order valence-corrected chi connectivity index (χ2v) is 6.99. The molecule has 1 amide bonds. The van der Waals surface area contributed by atoms with E-state index in [4.69, 9.17) is 26.0 Å². The van der Waals surface area contributed by atoms with E-state index in [9.17, 15) is 9.90 Å². The van der Waals surface area contributed by atoms with Crippen LogP contribution in [-0.2, 0) is 19.2 Å². The first-order chi connectivity index (χ1) is 12.9. The molecule has 0 aromatic heterocycles. The predicted molar refractivity (Wildman–Crippen MR) is 101 cm³/mol. The van der Waals surface area contributed by atoms with Gasteiger partial charge in [-0.1, -0.05) is 35.0 Å². The van der Waals surface area contributed by atoms with Gasteiger partial charge in [0.25, 0.3) is 5.91 Å². The molecule has 146 valence electrons. The number of oxime groups is 1. The van der Waals surface area contributed by atoms with Crippen molar-refractivity contribution in [2.24, 2.45) is 5.16 Å². The summed E-state index contributed by atoms with van der Waals surface area (Å²) in [5, 5.41) is 16.8. The lowest BCUT2D eigenvalue weighted by molar-refractivity contribution is -0.283. The second-order valence-electron chi connectivity index (χ2n) is 6.58. The van der Waals surface area contributed by atoms with Crippen molar-refractivity contribution < 1.29 is 24.3 Å². The zero-order chi connectivity index (χ0) is 19.6. The van der Waals surface area contributed by atoms with E-state index in [2.05, 4.69) is 5.16 Å². The zero-order valence-corrected chi connectivity index (χ0v) is 16.3. The average Bonchev–Trinajstić information content (AvgIpc) is 2.86. The van der Waals surface area contributed by atoms with Gasteiger partial charge in [0.2, 0.25) is 0 Å². The Morgan fingerprint density at radius 2 is 1.93 bits per heavy atom. The molecule has 8 heteroatoms. The first-order valence-electron chi connectivity index (χ1n) is 8.76. The minimum Gasteiger partial charge on any atom is -0.509 e. The van der Waals surface area contributed by atoms with E-state index in [1.54, 1.807) is 31.2 Å². The fraction of sp³-hybridized carbons (Fsp3) is 0.474. The fourth-order valence-corrected chi connectivity index (χ4v) is 3.82. The summed E-state index contributed by atoms with van der Waals surface area (Å²) in [6.07, 6.45) is 1.40. The summed E-state index contributed by atoms with van der Waals surface area (Å²) in [4.78, 5) is 23.8. The van der Waals surface area contributed by atoms with Crippen LogP contribution in [0.15, 0.2) is 35.2 Å². The lowest BCUT2D eigenvalue weighted by Gasteiger charge is -2.41. The van der Waals surface area contributed by atoms with Gasteiger partial charge >= 0.3 is 0 Å². The Morgan fingerprint density at radius 3 is 2.52 bits per heavy atom. The number of halogens is 1. The zero-order valence-electron chi connectivity index (χ0n) is 15.6. The molecule has 1 aromatic rings. The molecule has 1 spiro atoms. The van der Waals surface area contributed by atoms with Crippen LogP contribution in [0.25, 0.3) is 5.57 Å². The van der Waals surface area contributed by atoms with Crippen LogP contribution in [0.2, 0.25) is 5.02 Å². The summed E-state index contributed by atoms with van der Waals surface area (Å²) in [5.74, 6) is -0.461. The van der Waals surface area contributed by atoms with E-state index >= 15 is 0 Å². The Bertz CT molecular complexity index is 782. The number of nitrogens with zero attached hydrogens (tertiary/aromatic N) is 2. The van der Waals surface area contributed by atoms with Crippen molar-refractivity contribution in [3.05, 3.63) is 40.6 Å². The van der Waals surface area contributed by atoms with Gasteiger partial charge in [0.15, 0.2) is 6.29 Å². The van der Waals surface area contributed by atoms with E-state index in [0.717, 1.165) is 5.71 Å². The number of aliphatic hydroxyl groups is 1. The van der Waals surface area contributed by atoms with Gasteiger partial charge in [0, 0.05) is 17.7 Å². The largest absolute Gasteiger partial charge is 0.509 e. The molecule has 0 saturated heterocycles. The molecule has 1 saturated carbocycles. The Balaban J connectivity index is 2.05. The third-order valence-electron chi connectivity index (χ3n) is 5.07. The number of benzene rings is 1. The minimum absolute atomic E-state index is 0.0274. The quantitative estimate of drug-likeness (QED) is 0.608. The van der Waals surface area contributed by atoms with Gasteiger partial charge in [-0.15, -0.1) is 0 Å². The van der Waals surface area contributed by atoms with E-state index < -0.39 is 17.7 Å². The van der Waals surface area contributed by atoms with Crippen LogP contribution in [0.1, 0.15) is 38.2 Å². The van der Waals surface area contributed by atoms with Crippen LogP contribution in [0.4, 0.5) is 0 Å². The smallest absolute Gasteiger partial charge is 0.282 e. The van der Waals surface area contributed by atoms with Gasteiger partial charge in [0.05, 0.1) is 11.3 Å². The van der Waals surface area contributed by atoms with Crippen LogP contribution in [-0.4, -0.2) is 47.8 Å². The first-order valence-corrected chi connectivity index (χ1v) is 9.14. The topological polar surface area (TPSA) is 80.6 Å². The van der Waals surface area contributed by atoms with Crippen molar-refractivity contribution in [3.63, 3.8) is 0 Å². The SMILES string of the molecule is CON=C1CCC2(CC1)C(O)=C(c1ccccc1Cl)C(=O)N2OC(C)OC. The maximum atomic E-state index is 13.2. The molecule has 1 N–H and O–H groups in total. The maximum Gasteiger partial charge on any atom is 0.282 e. The molecule has 7 nitrogen and oxygen atoms in total. The number of carbonyl (C=O) groups excluding carboxylic acids is 1. The summed E-state index contributed by atoms with van der Waals surface area (Å²) in [7, 11) is 2.99. The molecule has 1 fully saturated rings. The van der Waals surface area contributed by atoms with Crippen LogP contribution in [0, 0.1) is 0 Å². The number of rotatable bonds is 5. The predicted octanol–water partition coefficient (Wildman–Crippen LogP) is 3.69. The van der Waals surface area contributed by atoms with Gasteiger partial charge in [-0.2, -0.15) is 0 Å². The van der Waals surface area contributed by atoms with E-state index in [1.165, 1.54) is 19.3 Å². The maximum absolute atomic E-state index is 13.2. The lowest BCUT2D eigenvalue weighted by atomic mass is 9.79. The van der Waals surface area contributed by atoms with Gasteiger partial charge in [-0.3, -0.25) is 4.79 Å². The highest BCUT2D eigenvalue weighted by Crippen LogP contribution is 2.48. The number of hydrogen-bond acceptors (Lipinski definition) is 6. The molecule has 1 aliphatic carbocycles. The van der Waals surface area contributed by atoms with Crippen LogP contribution in [0.5, 0.6) is 0 Å². The van der Waals surface area contributed by atoms with Crippen molar-refractivity contribution in [1.29, 1.82) is 0 Å². The van der Waals surface area contributed by atoms with E-state index in [0.29, 0.717) is 36.3 Å². The molecule has 1 atom stereocenters. The number of amides is 1. The summed E-state index contributed by atoms with van der Waals surface area (Å²) in [6, 6.07) is 6.94. The molecular formula is C19H23ClN2O5. The number of carbonyl (C=O) groups is 1. The van der Waals surface area contributed by atoms with Gasteiger partial charge in [-0.05, 0) is 38.7 Å². The molecule has 2 aliphatic rings. The summed E-state index contributed by atoms with van der Waals surface area (Å²) in [5.41, 5.74) is 0.546. The van der Waals surface area contributed by atoms with Crippen molar-refractivity contribution in [3.8, 4) is 0 Å². The van der Waals surface area contributed by atoms with E-state index in [1.807, 2.05) is 0 Å². The van der Waals surface area contributed by atoms with Crippen LogP contribution in [0.3, 0.4) is 0 Å². The Kier molecular flexibility index (Phi) is 5.74. The number of ether oxygens (including phenoxy) is 1. The van der Waals surface area contributed by atoms with Crippen LogP contribution >= 0.6 is 11.6 Å². The highest BCUT2D eigenvalue weighted by Gasteiger charge is 2.55.